The molecule has 1 heterocycles. The Balaban J connectivity index is 2.24. The Hall–Kier alpha value is -1.81. The molecule has 0 spiro atoms. The molecule has 1 aromatic carbocycles. The number of imide groups is 1. The summed E-state index contributed by atoms with van der Waals surface area (Å²) in [5.41, 5.74) is 2.08. The topological polar surface area (TPSA) is 37.4 Å². The van der Waals surface area contributed by atoms with E-state index in [0.717, 1.165) is 22.9 Å². The molecular weight excluding hydrogens is 246 g/mol. The average Bonchev–Trinajstić information content (AvgIpc) is 2.60. The zero-order valence-corrected chi connectivity index (χ0v) is 10.9. The summed E-state index contributed by atoms with van der Waals surface area (Å²) in [7, 11) is 0. The van der Waals surface area contributed by atoms with Crippen molar-refractivity contribution in [2.45, 2.75) is 6.92 Å². The first-order valence-electron chi connectivity index (χ1n) is 5.55. The highest BCUT2D eigenvalue weighted by molar-refractivity contribution is 8.18. The number of rotatable bonds is 3. The molecule has 1 aliphatic heterocycles. The van der Waals surface area contributed by atoms with Gasteiger partial charge in [0, 0.05) is 6.54 Å². The summed E-state index contributed by atoms with van der Waals surface area (Å²) < 4.78 is 0. The van der Waals surface area contributed by atoms with Crippen molar-refractivity contribution in [2.24, 2.45) is 0 Å². The Morgan fingerprint density at radius 2 is 1.94 bits per heavy atom. The van der Waals surface area contributed by atoms with E-state index in [1.165, 1.54) is 4.90 Å². The zero-order chi connectivity index (χ0) is 13.1. The molecule has 4 heteroatoms. The first kappa shape index (κ1) is 12.6. The predicted octanol–water partition coefficient (Wildman–Crippen LogP) is 3.22. The number of benzene rings is 1. The van der Waals surface area contributed by atoms with Gasteiger partial charge < -0.3 is 0 Å². The van der Waals surface area contributed by atoms with Crippen molar-refractivity contribution < 1.29 is 9.59 Å². The quantitative estimate of drug-likeness (QED) is 0.618. The van der Waals surface area contributed by atoms with E-state index in [9.17, 15) is 9.59 Å². The van der Waals surface area contributed by atoms with Gasteiger partial charge in [0.2, 0.25) is 0 Å². The van der Waals surface area contributed by atoms with Crippen LogP contribution in [0.25, 0.3) is 6.08 Å². The van der Waals surface area contributed by atoms with Crippen molar-refractivity contribution in [3.8, 4) is 0 Å². The van der Waals surface area contributed by atoms with Gasteiger partial charge in [-0.15, -0.1) is 6.58 Å². The fourth-order valence-electron chi connectivity index (χ4n) is 1.60. The smallest absolute Gasteiger partial charge is 0.268 e. The summed E-state index contributed by atoms with van der Waals surface area (Å²) in [6.45, 7) is 5.80. The molecule has 0 saturated carbocycles. The zero-order valence-electron chi connectivity index (χ0n) is 10.1. The van der Waals surface area contributed by atoms with Gasteiger partial charge in [-0.2, -0.15) is 0 Å². The number of aryl methyl sites for hydroxylation is 1. The van der Waals surface area contributed by atoms with Gasteiger partial charge >= 0.3 is 0 Å². The van der Waals surface area contributed by atoms with Crippen LogP contribution in [0.2, 0.25) is 0 Å². The third-order valence-corrected chi connectivity index (χ3v) is 3.47. The van der Waals surface area contributed by atoms with Gasteiger partial charge in [-0.1, -0.05) is 35.9 Å². The van der Waals surface area contributed by atoms with Gasteiger partial charge in [-0.25, -0.2) is 0 Å². The maximum atomic E-state index is 11.9. The van der Waals surface area contributed by atoms with Crippen molar-refractivity contribution in [3.63, 3.8) is 0 Å². The molecule has 1 fully saturated rings. The van der Waals surface area contributed by atoms with Crippen molar-refractivity contribution >= 4 is 29.0 Å². The Labute approximate surface area is 110 Å². The number of hydrogen-bond donors (Lipinski definition) is 0. The Morgan fingerprint density at radius 1 is 1.28 bits per heavy atom. The molecule has 3 nitrogen and oxygen atoms in total. The number of thioether (sulfide) groups is 1. The van der Waals surface area contributed by atoms with Crippen LogP contribution in [0.3, 0.4) is 0 Å². The summed E-state index contributed by atoms with van der Waals surface area (Å²) in [6.07, 6.45) is 3.29. The molecule has 0 aliphatic carbocycles. The van der Waals surface area contributed by atoms with Crippen LogP contribution in [-0.4, -0.2) is 22.6 Å². The third-order valence-electron chi connectivity index (χ3n) is 2.56. The monoisotopic (exact) mass is 259 g/mol. The van der Waals surface area contributed by atoms with E-state index in [4.69, 9.17) is 0 Å². The van der Waals surface area contributed by atoms with Crippen LogP contribution in [0, 0.1) is 6.92 Å². The highest BCUT2D eigenvalue weighted by Gasteiger charge is 2.33. The first-order valence-corrected chi connectivity index (χ1v) is 6.36. The van der Waals surface area contributed by atoms with E-state index < -0.39 is 0 Å². The molecule has 2 amide bonds. The minimum absolute atomic E-state index is 0.238. The Morgan fingerprint density at radius 3 is 2.56 bits per heavy atom. The van der Waals surface area contributed by atoms with E-state index >= 15 is 0 Å². The van der Waals surface area contributed by atoms with Gasteiger partial charge in [-0.05, 0) is 30.3 Å². The summed E-state index contributed by atoms with van der Waals surface area (Å²) in [5.74, 6) is -0.245. The molecule has 0 bridgehead atoms. The second kappa shape index (κ2) is 5.23. The normalized spacial score (nSPS) is 17.6. The maximum absolute atomic E-state index is 11.9. The van der Waals surface area contributed by atoms with E-state index in [1.54, 1.807) is 12.2 Å². The third kappa shape index (κ3) is 2.54. The van der Waals surface area contributed by atoms with E-state index in [0.29, 0.717) is 4.91 Å². The first-order chi connectivity index (χ1) is 8.61. The van der Waals surface area contributed by atoms with E-state index in [-0.39, 0.29) is 17.7 Å². The molecule has 1 aliphatic rings. The van der Waals surface area contributed by atoms with Crippen molar-refractivity contribution in [1.29, 1.82) is 0 Å². The standard InChI is InChI=1S/C14H13NO2S/c1-3-8-15-13(16)12(18-14(15)17)9-11-6-4-10(2)5-7-11/h3-7,9H,1,8H2,2H3. The second-order valence-electron chi connectivity index (χ2n) is 3.99. The highest BCUT2D eigenvalue weighted by Crippen LogP contribution is 2.31. The molecule has 18 heavy (non-hydrogen) atoms. The van der Waals surface area contributed by atoms with Crippen molar-refractivity contribution in [3.05, 3.63) is 53.0 Å². The molecule has 0 N–H and O–H groups in total. The fraction of sp³-hybridized carbons (Fsp3) is 0.143. The summed E-state index contributed by atoms with van der Waals surface area (Å²) >= 11 is 0.972. The van der Waals surface area contributed by atoms with Crippen molar-refractivity contribution in [1.82, 2.24) is 4.90 Å². The lowest BCUT2D eigenvalue weighted by Gasteiger charge is -2.07. The number of nitrogens with zero attached hydrogens (tertiary/aromatic N) is 1. The van der Waals surface area contributed by atoms with E-state index in [2.05, 4.69) is 6.58 Å². The van der Waals surface area contributed by atoms with Crippen LogP contribution in [0.1, 0.15) is 11.1 Å². The molecule has 1 aromatic rings. The maximum Gasteiger partial charge on any atom is 0.293 e. The molecule has 1 saturated heterocycles. The second-order valence-corrected chi connectivity index (χ2v) is 4.98. The number of carbonyl (C=O) groups excluding carboxylic acids is 2. The minimum atomic E-state index is -0.245. The lowest BCUT2D eigenvalue weighted by atomic mass is 10.1. The SMILES string of the molecule is C=CCN1C(=O)SC(=Cc2ccc(C)cc2)C1=O. The van der Waals surface area contributed by atoms with Crippen LogP contribution in [0.4, 0.5) is 4.79 Å². The van der Waals surface area contributed by atoms with Gasteiger partial charge in [0.25, 0.3) is 11.1 Å². The molecule has 2 rings (SSSR count). The van der Waals surface area contributed by atoms with Crippen LogP contribution in [-0.2, 0) is 4.79 Å². The Bertz CT molecular complexity index is 531. The molecular formula is C14H13NO2S. The molecule has 0 unspecified atom stereocenters. The lowest BCUT2D eigenvalue weighted by molar-refractivity contribution is -0.122. The largest absolute Gasteiger partial charge is 0.293 e. The van der Waals surface area contributed by atoms with Gasteiger partial charge in [0.1, 0.15) is 0 Å². The molecule has 0 aromatic heterocycles. The molecule has 0 radical (unpaired) electrons. The summed E-state index contributed by atoms with van der Waals surface area (Å²) in [5, 5.41) is -0.238. The van der Waals surface area contributed by atoms with Gasteiger partial charge in [0.15, 0.2) is 0 Å². The minimum Gasteiger partial charge on any atom is -0.268 e. The molecule has 0 atom stereocenters. The Kier molecular flexibility index (Phi) is 3.67. The lowest BCUT2D eigenvalue weighted by Crippen LogP contribution is -2.27. The number of hydrogen-bond acceptors (Lipinski definition) is 3. The van der Waals surface area contributed by atoms with Crippen LogP contribution in [0.15, 0.2) is 41.8 Å². The van der Waals surface area contributed by atoms with Crippen LogP contribution >= 0.6 is 11.8 Å². The number of carbonyl (C=O) groups is 2. The van der Waals surface area contributed by atoms with E-state index in [1.807, 2.05) is 31.2 Å². The van der Waals surface area contributed by atoms with Crippen LogP contribution < -0.4 is 0 Å². The highest BCUT2D eigenvalue weighted by atomic mass is 32.2. The van der Waals surface area contributed by atoms with Crippen molar-refractivity contribution in [2.75, 3.05) is 6.54 Å². The number of amides is 2. The molecule has 92 valence electrons. The van der Waals surface area contributed by atoms with Gasteiger partial charge in [0.05, 0.1) is 4.91 Å². The fourth-order valence-corrected chi connectivity index (χ4v) is 2.45. The summed E-state index contributed by atoms with van der Waals surface area (Å²) in [6, 6.07) is 7.80. The summed E-state index contributed by atoms with van der Waals surface area (Å²) in [4.78, 5) is 25.2. The average molecular weight is 259 g/mol. The predicted molar refractivity (Wildman–Crippen MR) is 74.1 cm³/mol. The van der Waals surface area contributed by atoms with Gasteiger partial charge in [-0.3, -0.25) is 14.5 Å². The van der Waals surface area contributed by atoms with Crippen LogP contribution in [0.5, 0.6) is 0 Å².